The van der Waals surface area contributed by atoms with Crippen LogP contribution in [0.15, 0.2) is 42.5 Å². The number of carboxylic acids is 1. The molecule has 0 atom stereocenters. The van der Waals surface area contributed by atoms with E-state index in [4.69, 9.17) is 11.2 Å². The van der Waals surface area contributed by atoms with Gasteiger partial charge in [-0.2, -0.15) is 0 Å². The van der Waals surface area contributed by atoms with Gasteiger partial charge in [0.1, 0.15) is 0 Å². The Bertz CT molecular complexity index is 2130. The number of aryl methyl sites for hydroxylation is 1. The fourth-order valence-electron chi connectivity index (χ4n) is 5.68. The Kier molecular flexibility index (Phi) is 11.1. The van der Waals surface area contributed by atoms with Gasteiger partial charge in [-0.15, -0.1) is 33.9 Å². The Labute approximate surface area is 304 Å². The van der Waals surface area contributed by atoms with Gasteiger partial charge in [-0.3, -0.25) is 0 Å². The van der Waals surface area contributed by atoms with Gasteiger partial charge < -0.3 is 25.4 Å². The summed E-state index contributed by atoms with van der Waals surface area (Å²) >= 11 is 2.88. The van der Waals surface area contributed by atoms with Gasteiger partial charge in [-0.05, 0) is 89.8 Å². The monoisotopic (exact) mass is 723 g/mol. The molecule has 10 nitrogen and oxygen atoms in total. The number of hydrogen-bond donors (Lipinski definition) is 3. The number of carboxylic acid groups (broad SMARTS) is 1. The zero-order valence-corrected chi connectivity index (χ0v) is 30.3. The van der Waals surface area contributed by atoms with Crippen molar-refractivity contribution in [2.75, 3.05) is 29.9 Å². The summed E-state index contributed by atoms with van der Waals surface area (Å²) in [5.41, 5.74) is 3.03. The summed E-state index contributed by atoms with van der Waals surface area (Å²) in [5, 5.41) is 27.0. The van der Waals surface area contributed by atoms with Crippen LogP contribution in [0.4, 0.5) is 26.3 Å². The molecule has 0 fully saturated rings. The zero-order valence-electron chi connectivity index (χ0n) is 28.7. The molecular formula is C38H38FN7O3S2. The third-order valence-electron chi connectivity index (χ3n) is 8.35. The van der Waals surface area contributed by atoms with Crippen LogP contribution in [-0.4, -0.2) is 56.5 Å². The molecule has 0 amide bonds. The minimum absolute atomic E-state index is 0.00324. The molecule has 2 aromatic carbocycles. The molecule has 1 aliphatic rings. The number of hydrogen-bond acceptors (Lipinski definition) is 11. The Morgan fingerprint density at radius 2 is 2.00 bits per heavy atom. The number of unbranched alkanes of at least 4 members (excludes halogenated alkanes) is 1. The summed E-state index contributed by atoms with van der Waals surface area (Å²) in [6, 6.07) is 12.6. The smallest absolute Gasteiger partial charge is 0.355 e. The van der Waals surface area contributed by atoms with Crippen LogP contribution in [0.1, 0.15) is 71.6 Å². The number of nitrogens with zero attached hydrogens (tertiary/aromatic N) is 5. The van der Waals surface area contributed by atoms with E-state index < -0.39 is 17.3 Å². The van der Waals surface area contributed by atoms with Crippen LogP contribution in [0.2, 0.25) is 0 Å². The Morgan fingerprint density at radius 1 is 1.16 bits per heavy atom. The Morgan fingerprint density at radius 3 is 2.78 bits per heavy atom. The SMILES string of the molecule is C#CCCCNC(C)(C)C#Cc1ccc(OCCCc2sc(N3CCCc4c3nnc(Nc3nc5ccccc5s3)c4C)nc2C(=O)O)c(F)c1. The van der Waals surface area contributed by atoms with Gasteiger partial charge in [0, 0.05) is 34.5 Å². The lowest BCUT2D eigenvalue weighted by Gasteiger charge is -2.28. The van der Waals surface area contributed by atoms with Crippen molar-refractivity contribution in [3.05, 3.63) is 75.5 Å². The second-order valence-electron chi connectivity index (χ2n) is 12.6. The number of aromatic nitrogens is 4. The highest BCUT2D eigenvalue weighted by Gasteiger charge is 2.28. The third kappa shape index (κ3) is 8.63. The average Bonchev–Trinajstić information content (AvgIpc) is 3.74. The highest BCUT2D eigenvalue weighted by atomic mass is 32.1. The molecule has 3 aromatic heterocycles. The topological polar surface area (TPSA) is 125 Å². The van der Waals surface area contributed by atoms with Crippen LogP contribution >= 0.6 is 22.7 Å². The molecule has 3 N–H and O–H groups in total. The maximum Gasteiger partial charge on any atom is 0.355 e. The van der Waals surface area contributed by atoms with Crippen LogP contribution in [0, 0.1) is 36.9 Å². The lowest BCUT2D eigenvalue weighted by atomic mass is 10.0. The first-order valence-electron chi connectivity index (χ1n) is 16.7. The molecule has 4 heterocycles. The molecule has 51 heavy (non-hydrogen) atoms. The zero-order chi connectivity index (χ0) is 36.0. The van der Waals surface area contributed by atoms with E-state index in [9.17, 15) is 14.3 Å². The van der Waals surface area contributed by atoms with Gasteiger partial charge in [-0.1, -0.05) is 35.3 Å². The molecule has 0 saturated carbocycles. The number of ether oxygens (including phenoxy) is 1. The first-order valence-corrected chi connectivity index (χ1v) is 18.4. The number of rotatable bonds is 13. The summed E-state index contributed by atoms with van der Waals surface area (Å²) in [6.07, 6.45) is 9.41. The highest BCUT2D eigenvalue weighted by Crippen LogP contribution is 2.39. The van der Waals surface area contributed by atoms with Crippen molar-refractivity contribution >= 4 is 60.8 Å². The van der Waals surface area contributed by atoms with E-state index in [0.717, 1.165) is 52.3 Å². The van der Waals surface area contributed by atoms with Crippen molar-refractivity contribution in [3.8, 4) is 29.9 Å². The number of benzene rings is 2. The molecular weight excluding hydrogens is 686 g/mol. The summed E-state index contributed by atoms with van der Waals surface area (Å²) in [6.45, 7) is 7.52. The van der Waals surface area contributed by atoms with Crippen molar-refractivity contribution in [2.45, 2.75) is 64.8 Å². The van der Waals surface area contributed by atoms with Crippen LogP contribution in [-0.2, 0) is 12.8 Å². The van der Waals surface area contributed by atoms with E-state index in [1.165, 1.54) is 17.4 Å². The number of anilines is 4. The van der Waals surface area contributed by atoms with Gasteiger partial charge in [-0.25, -0.2) is 19.2 Å². The molecule has 0 radical (unpaired) electrons. The second kappa shape index (κ2) is 15.9. The van der Waals surface area contributed by atoms with Gasteiger partial charge in [0.05, 0.1) is 22.4 Å². The van der Waals surface area contributed by atoms with Crippen molar-refractivity contribution in [1.29, 1.82) is 0 Å². The number of nitrogens with one attached hydrogen (secondary N) is 2. The summed E-state index contributed by atoms with van der Waals surface area (Å²) < 4.78 is 21.7. The predicted octanol–water partition coefficient (Wildman–Crippen LogP) is 7.66. The van der Waals surface area contributed by atoms with Gasteiger partial charge >= 0.3 is 5.97 Å². The predicted molar refractivity (Wildman–Crippen MR) is 201 cm³/mol. The van der Waals surface area contributed by atoms with Crippen LogP contribution in [0.25, 0.3) is 10.2 Å². The van der Waals surface area contributed by atoms with Gasteiger partial charge in [0.25, 0.3) is 0 Å². The van der Waals surface area contributed by atoms with Crippen molar-refractivity contribution in [3.63, 3.8) is 0 Å². The average molecular weight is 724 g/mol. The minimum atomic E-state index is -1.10. The fraction of sp³-hybridized carbons (Fsp3) is 0.342. The Hall–Kier alpha value is -5.08. The van der Waals surface area contributed by atoms with E-state index in [2.05, 4.69) is 48.6 Å². The van der Waals surface area contributed by atoms with E-state index >= 15 is 0 Å². The first kappa shape index (κ1) is 35.7. The quantitative estimate of drug-likeness (QED) is 0.0824. The van der Waals surface area contributed by atoms with Crippen LogP contribution in [0.3, 0.4) is 0 Å². The minimum Gasteiger partial charge on any atom is -0.491 e. The lowest BCUT2D eigenvalue weighted by molar-refractivity contribution is 0.0690. The number of thiazole rings is 2. The highest BCUT2D eigenvalue weighted by molar-refractivity contribution is 7.22. The molecule has 6 rings (SSSR count). The molecule has 5 aromatic rings. The van der Waals surface area contributed by atoms with Gasteiger partial charge in [0.2, 0.25) is 0 Å². The van der Waals surface area contributed by atoms with E-state index in [-0.39, 0.29) is 18.1 Å². The number of aromatic carboxylic acids is 1. The summed E-state index contributed by atoms with van der Waals surface area (Å²) in [7, 11) is 0. The summed E-state index contributed by atoms with van der Waals surface area (Å²) in [5.74, 6) is 8.62. The number of fused-ring (bicyclic) bond motifs is 2. The third-order valence-corrected chi connectivity index (χ3v) is 10.4. The normalized spacial score (nSPS) is 12.6. The molecule has 0 unspecified atom stereocenters. The van der Waals surface area contributed by atoms with E-state index in [1.54, 1.807) is 23.5 Å². The number of halogens is 1. The van der Waals surface area contributed by atoms with Crippen molar-refractivity contribution in [1.82, 2.24) is 25.5 Å². The molecule has 0 spiro atoms. The lowest BCUT2D eigenvalue weighted by Crippen LogP contribution is -2.38. The number of terminal acetylenes is 1. The molecule has 262 valence electrons. The maximum absolute atomic E-state index is 14.9. The molecule has 0 aliphatic carbocycles. The van der Waals surface area contributed by atoms with Crippen LogP contribution < -0.4 is 20.3 Å². The second-order valence-corrected chi connectivity index (χ2v) is 14.7. The molecule has 0 bridgehead atoms. The fourth-order valence-corrected chi connectivity index (χ4v) is 7.66. The standard InChI is InChI=1S/C38H38FN7O3S2/c1-5-6-9-20-40-38(3,4)19-18-25-16-17-29(27(39)23-25)49-22-11-15-31-32(35(47)48)42-37(51-31)46-21-10-12-26-24(2)33(44-45-34(26)46)43-36-41-28-13-7-8-14-30(28)50-36/h1,7-8,13-14,16-17,23,40H,6,9-12,15,20-22H2,2-4H3,(H,47,48)(H,41,43,44). The molecule has 13 heteroatoms. The van der Waals surface area contributed by atoms with E-state index in [0.29, 0.717) is 53.0 Å². The maximum atomic E-state index is 14.9. The van der Waals surface area contributed by atoms with Crippen molar-refractivity contribution < 1.29 is 19.0 Å². The largest absolute Gasteiger partial charge is 0.491 e. The van der Waals surface area contributed by atoms with Crippen LogP contribution in [0.5, 0.6) is 5.75 Å². The Balaban J connectivity index is 1.09. The van der Waals surface area contributed by atoms with Crippen molar-refractivity contribution in [2.24, 2.45) is 0 Å². The van der Waals surface area contributed by atoms with Gasteiger partial charge in [0.15, 0.2) is 39.2 Å². The first-order chi connectivity index (χ1) is 24.6. The molecule has 0 saturated heterocycles. The molecule has 1 aliphatic heterocycles. The van der Waals surface area contributed by atoms with E-state index in [1.807, 2.05) is 49.9 Å². The number of carbonyl (C=O) groups is 1. The number of para-hydroxylation sites is 1. The summed E-state index contributed by atoms with van der Waals surface area (Å²) in [4.78, 5) is 24.0.